The van der Waals surface area contributed by atoms with Gasteiger partial charge >= 0.3 is 5.97 Å². The number of aromatic nitrogens is 2. The van der Waals surface area contributed by atoms with Crippen LogP contribution in [-0.4, -0.2) is 22.5 Å². The lowest BCUT2D eigenvalue weighted by atomic mass is 9.92. The molecule has 0 saturated carbocycles. The number of carbonyl (C=O) groups is 1. The van der Waals surface area contributed by atoms with Gasteiger partial charge in [-0.15, -0.1) is 0 Å². The van der Waals surface area contributed by atoms with Gasteiger partial charge in [-0.05, 0) is 48.4 Å². The zero-order chi connectivity index (χ0) is 15.3. The minimum Gasteiger partial charge on any atom is -0.462 e. The Morgan fingerprint density at radius 2 is 1.82 bits per heavy atom. The summed E-state index contributed by atoms with van der Waals surface area (Å²) in [6.07, 6.45) is 1.58. The summed E-state index contributed by atoms with van der Waals surface area (Å²) >= 11 is 0. The standard InChI is InChI=1S/C18H14N2O2/c1-3-22-18(21)13-8-11-4-6-14-17-15(20-9-19-14)7-5-12(10(13)2)16(11)17/h4-9H,3H2,1-2H3. The Bertz CT molecular complexity index is 1010. The van der Waals surface area contributed by atoms with Crippen molar-refractivity contribution < 1.29 is 9.53 Å². The molecule has 0 N–H and O–H groups in total. The van der Waals surface area contributed by atoms with E-state index in [2.05, 4.69) is 9.97 Å². The fraction of sp³-hybridized carbons (Fsp3) is 0.167. The van der Waals surface area contributed by atoms with E-state index < -0.39 is 0 Å². The summed E-state index contributed by atoms with van der Waals surface area (Å²) in [5.74, 6) is -0.276. The Morgan fingerprint density at radius 3 is 2.55 bits per heavy atom. The van der Waals surface area contributed by atoms with E-state index in [1.165, 1.54) is 0 Å². The third-order valence-corrected chi connectivity index (χ3v) is 4.15. The van der Waals surface area contributed by atoms with E-state index in [0.717, 1.165) is 38.1 Å². The van der Waals surface area contributed by atoms with Crippen LogP contribution in [0.25, 0.3) is 32.6 Å². The van der Waals surface area contributed by atoms with Crippen molar-refractivity contribution in [3.05, 3.63) is 47.8 Å². The van der Waals surface area contributed by atoms with Crippen LogP contribution in [0.2, 0.25) is 0 Å². The highest BCUT2D eigenvalue weighted by molar-refractivity contribution is 6.23. The van der Waals surface area contributed by atoms with Gasteiger partial charge in [0.1, 0.15) is 6.33 Å². The van der Waals surface area contributed by atoms with E-state index in [1.807, 2.05) is 44.2 Å². The first-order chi connectivity index (χ1) is 10.7. The predicted molar refractivity (Wildman–Crippen MR) is 86.4 cm³/mol. The molecule has 1 heterocycles. The van der Waals surface area contributed by atoms with Crippen LogP contribution in [0.1, 0.15) is 22.8 Å². The van der Waals surface area contributed by atoms with Crippen molar-refractivity contribution in [2.24, 2.45) is 0 Å². The number of benzene rings is 3. The van der Waals surface area contributed by atoms with Crippen LogP contribution < -0.4 is 0 Å². The van der Waals surface area contributed by atoms with Crippen molar-refractivity contribution in [1.29, 1.82) is 0 Å². The van der Waals surface area contributed by atoms with Crippen LogP contribution in [0.3, 0.4) is 0 Å². The Morgan fingerprint density at radius 1 is 1.09 bits per heavy atom. The van der Waals surface area contributed by atoms with Gasteiger partial charge in [0.25, 0.3) is 0 Å². The average Bonchev–Trinajstić information content (AvgIpc) is 2.54. The average molecular weight is 290 g/mol. The molecule has 4 nitrogen and oxygen atoms in total. The van der Waals surface area contributed by atoms with E-state index in [0.29, 0.717) is 12.2 Å². The van der Waals surface area contributed by atoms with Gasteiger partial charge in [-0.25, -0.2) is 14.8 Å². The van der Waals surface area contributed by atoms with Gasteiger partial charge < -0.3 is 4.74 Å². The molecule has 4 aromatic rings. The van der Waals surface area contributed by atoms with Gasteiger partial charge in [-0.2, -0.15) is 0 Å². The number of rotatable bonds is 2. The first kappa shape index (κ1) is 13.0. The predicted octanol–water partition coefficient (Wildman–Crippen LogP) is 3.86. The summed E-state index contributed by atoms with van der Waals surface area (Å²) in [7, 11) is 0. The molecule has 4 rings (SSSR count). The highest BCUT2D eigenvalue weighted by Crippen LogP contribution is 2.35. The lowest BCUT2D eigenvalue weighted by Gasteiger charge is -2.14. The SMILES string of the molecule is CCOC(=O)c1cc2ccc3ncnc4ccc(c1C)c2c34. The largest absolute Gasteiger partial charge is 0.462 e. The Balaban J connectivity index is 2.17. The van der Waals surface area contributed by atoms with Crippen molar-refractivity contribution in [1.82, 2.24) is 9.97 Å². The number of esters is 1. The monoisotopic (exact) mass is 290 g/mol. The van der Waals surface area contributed by atoms with Crippen molar-refractivity contribution in [2.75, 3.05) is 6.61 Å². The topological polar surface area (TPSA) is 52.1 Å². The van der Waals surface area contributed by atoms with Gasteiger partial charge in [0.2, 0.25) is 0 Å². The lowest BCUT2D eigenvalue weighted by Crippen LogP contribution is -2.07. The molecule has 4 heteroatoms. The zero-order valence-corrected chi connectivity index (χ0v) is 12.4. The number of nitrogens with zero attached hydrogens (tertiary/aromatic N) is 2. The van der Waals surface area contributed by atoms with Crippen LogP contribution in [0.5, 0.6) is 0 Å². The van der Waals surface area contributed by atoms with E-state index >= 15 is 0 Å². The van der Waals surface area contributed by atoms with Crippen LogP contribution in [-0.2, 0) is 4.74 Å². The molecular weight excluding hydrogens is 276 g/mol. The normalized spacial score (nSPS) is 11.5. The molecule has 0 atom stereocenters. The van der Waals surface area contributed by atoms with E-state index in [4.69, 9.17) is 4.74 Å². The minimum absolute atomic E-state index is 0.276. The summed E-state index contributed by atoms with van der Waals surface area (Å²) in [5, 5.41) is 4.22. The Kier molecular flexibility index (Phi) is 2.73. The maximum atomic E-state index is 12.2. The highest BCUT2D eigenvalue weighted by atomic mass is 16.5. The summed E-state index contributed by atoms with van der Waals surface area (Å²) in [6.45, 7) is 4.14. The van der Waals surface area contributed by atoms with Gasteiger partial charge in [0.15, 0.2) is 0 Å². The zero-order valence-electron chi connectivity index (χ0n) is 12.4. The number of hydrogen-bond donors (Lipinski definition) is 0. The molecule has 0 aliphatic heterocycles. The molecular formula is C18H14N2O2. The molecule has 108 valence electrons. The quantitative estimate of drug-likeness (QED) is 0.415. The van der Waals surface area contributed by atoms with Crippen LogP contribution in [0, 0.1) is 6.92 Å². The van der Waals surface area contributed by atoms with Gasteiger partial charge in [0.05, 0.1) is 23.2 Å². The van der Waals surface area contributed by atoms with Gasteiger partial charge in [-0.1, -0.05) is 12.1 Å². The maximum Gasteiger partial charge on any atom is 0.338 e. The molecule has 1 aromatic heterocycles. The van der Waals surface area contributed by atoms with Gasteiger partial charge in [0, 0.05) is 10.8 Å². The number of aryl methyl sites for hydroxylation is 1. The Labute approximate surface area is 127 Å². The van der Waals surface area contributed by atoms with Crippen LogP contribution in [0.15, 0.2) is 36.7 Å². The maximum absolute atomic E-state index is 12.2. The molecule has 0 spiro atoms. The van der Waals surface area contributed by atoms with E-state index in [-0.39, 0.29) is 5.97 Å². The van der Waals surface area contributed by atoms with Crippen molar-refractivity contribution in [3.63, 3.8) is 0 Å². The second kappa shape index (κ2) is 4.63. The molecule has 0 fully saturated rings. The molecule has 0 radical (unpaired) electrons. The molecule has 0 aliphatic rings. The van der Waals surface area contributed by atoms with Crippen molar-refractivity contribution in [3.8, 4) is 0 Å². The van der Waals surface area contributed by atoms with Crippen molar-refractivity contribution in [2.45, 2.75) is 13.8 Å². The smallest absolute Gasteiger partial charge is 0.338 e. The van der Waals surface area contributed by atoms with E-state index in [1.54, 1.807) is 6.33 Å². The summed E-state index contributed by atoms with van der Waals surface area (Å²) in [5.41, 5.74) is 3.40. The molecule has 3 aromatic carbocycles. The fourth-order valence-electron chi connectivity index (χ4n) is 3.12. The highest BCUT2D eigenvalue weighted by Gasteiger charge is 2.17. The van der Waals surface area contributed by atoms with Gasteiger partial charge in [-0.3, -0.25) is 0 Å². The summed E-state index contributed by atoms with van der Waals surface area (Å²) < 4.78 is 5.17. The Hall–Kier alpha value is -2.75. The second-order valence-electron chi connectivity index (χ2n) is 5.33. The van der Waals surface area contributed by atoms with E-state index in [9.17, 15) is 4.79 Å². The van der Waals surface area contributed by atoms with Crippen LogP contribution in [0.4, 0.5) is 0 Å². The molecule has 0 aliphatic carbocycles. The molecule has 0 unspecified atom stereocenters. The summed E-state index contributed by atoms with van der Waals surface area (Å²) in [4.78, 5) is 20.9. The number of hydrogen-bond acceptors (Lipinski definition) is 4. The van der Waals surface area contributed by atoms with Crippen molar-refractivity contribution >= 4 is 38.5 Å². The summed E-state index contributed by atoms with van der Waals surface area (Å²) in [6, 6.07) is 9.87. The molecule has 22 heavy (non-hydrogen) atoms. The first-order valence-electron chi connectivity index (χ1n) is 7.27. The molecule has 0 saturated heterocycles. The van der Waals surface area contributed by atoms with Crippen LogP contribution >= 0.6 is 0 Å². The fourth-order valence-corrected chi connectivity index (χ4v) is 3.12. The lowest BCUT2D eigenvalue weighted by molar-refractivity contribution is 0.0526. The third kappa shape index (κ3) is 1.67. The molecule has 0 bridgehead atoms. The third-order valence-electron chi connectivity index (χ3n) is 4.15. The minimum atomic E-state index is -0.276. The molecule has 0 amide bonds. The number of ether oxygens (including phenoxy) is 1. The second-order valence-corrected chi connectivity index (χ2v) is 5.33. The number of carbonyl (C=O) groups excluding carboxylic acids is 1. The first-order valence-corrected chi connectivity index (χ1v) is 7.27.